The van der Waals surface area contributed by atoms with E-state index in [1.165, 1.54) is 0 Å². The van der Waals surface area contributed by atoms with E-state index in [0.29, 0.717) is 69.4 Å². The molecule has 0 bridgehead atoms. The van der Waals surface area contributed by atoms with E-state index in [1.807, 2.05) is 174 Å². The van der Waals surface area contributed by atoms with Crippen molar-refractivity contribution in [2.45, 2.75) is 0 Å². The maximum absolute atomic E-state index is 9.73. The average molecular weight is 1880 g/mol. The minimum atomic E-state index is 0.496. The number of rotatable bonds is 17. The summed E-state index contributed by atoms with van der Waals surface area (Å²) in [6, 6.07) is 176. The number of fused-ring (bicyclic) bond motifs is 9. The van der Waals surface area contributed by atoms with Crippen LogP contribution < -0.4 is 0 Å². The van der Waals surface area contributed by atoms with Crippen LogP contribution in [-0.4, -0.2) is 58.6 Å². The van der Waals surface area contributed by atoms with Crippen LogP contribution in [0.5, 0.6) is 0 Å². The maximum Gasteiger partial charge on any atom is 0.238 e. The molecule has 0 atom stereocenters. The third kappa shape index (κ3) is 18.0. The Bertz CT molecular complexity index is 9210. The highest BCUT2D eigenvalue weighted by molar-refractivity contribution is 6.12. The van der Waals surface area contributed by atoms with E-state index >= 15 is 0 Å². The Morgan fingerprint density at radius 1 is 0.170 bits per heavy atom. The monoisotopic (exact) mass is 1880 g/mol. The molecule has 6 heterocycles. The molecule has 15 nitrogen and oxygen atoms in total. The molecule has 686 valence electrons. The summed E-state index contributed by atoms with van der Waals surface area (Å²) in [7, 11) is 0. The maximum atomic E-state index is 9.73. The Morgan fingerprint density at radius 3 is 0.646 bits per heavy atom. The van der Waals surface area contributed by atoms with Gasteiger partial charge in [0.1, 0.15) is 0 Å². The summed E-state index contributed by atoms with van der Waals surface area (Å²) < 4.78 is 6.49. The van der Waals surface area contributed by atoms with E-state index in [0.717, 1.165) is 188 Å². The first-order chi connectivity index (χ1) is 72.7. The number of aromatic nitrogens is 12. The van der Waals surface area contributed by atoms with Gasteiger partial charge in [-0.3, -0.25) is 4.57 Å². The number of para-hydroxylation sites is 3. The fourth-order valence-corrected chi connectivity index (χ4v) is 19.3. The summed E-state index contributed by atoms with van der Waals surface area (Å²) >= 11 is 0. The zero-order valence-corrected chi connectivity index (χ0v) is 79.1. The fourth-order valence-electron chi connectivity index (χ4n) is 19.3. The second-order valence-corrected chi connectivity index (χ2v) is 35.7. The van der Waals surface area contributed by atoms with Crippen molar-refractivity contribution in [3.8, 4) is 187 Å². The number of nitriles is 2. The van der Waals surface area contributed by atoms with Crippen LogP contribution in [0.25, 0.3) is 245 Å². The molecule has 0 aliphatic rings. The second-order valence-electron chi connectivity index (χ2n) is 35.7. The van der Waals surface area contributed by atoms with E-state index in [-0.39, 0.29) is 0 Å². The Hall–Kier alpha value is -20.7. The van der Waals surface area contributed by atoms with Gasteiger partial charge in [0.25, 0.3) is 0 Å². The first kappa shape index (κ1) is 89.0. The van der Waals surface area contributed by atoms with Gasteiger partial charge in [-0.05, 0) is 175 Å². The molecule has 0 saturated carbocycles. The number of hydrogen-bond acceptors (Lipinski definition) is 11. The molecule has 0 N–H and O–H groups in total. The number of benzene rings is 20. The van der Waals surface area contributed by atoms with E-state index in [4.69, 9.17) is 51.4 Å². The SMILES string of the molecule is N#Cc1ccc2c3ccccc3n(-c3ccc(-c4nc(-c5ccc(-c6ccccc6)cc5)nc(-c5ccc(-c6ccccc6)cc5)n4)cc3)c2c1.N#Cc1ccc2c3ccccc3n(-c3nc(-c4ccc(-c5ccccc5)cc4)nc(-c4ccc(-c5ccccc5)cc4)n3)c2c1.[C-]#[N+]c1ccc2c(c1)c1ccccc1n2-c1ccc(-c2nc(-c3ccc(-c4ccccc4)cc3)nc(-c3ccc(-c4ccccc4)cc3)n2)cc1. The predicted octanol–water partition coefficient (Wildman–Crippen LogP) is 32.5. The molecule has 6 aromatic heterocycles. The lowest BCUT2D eigenvalue weighted by Crippen LogP contribution is -2.06. The molecular formula is C132H83N15. The average Bonchev–Trinajstić information content (AvgIpc) is 1.63. The van der Waals surface area contributed by atoms with Crippen LogP contribution in [0.15, 0.2) is 504 Å². The topological polar surface area (TPSA) is 183 Å². The zero-order chi connectivity index (χ0) is 98.5. The molecule has 0 amide bonds. The quantitative estimate of drug-likeness (QED) is 0.0791. The van der Waals surface area contributed by atoms with Gasteiger partial charge in [-0.1, -0.05) is 400 Å². The fraction of sp³-hybridized carbons (Fsp3) is 0. The van der Waals surface area contributed by atoms with Crippen LogP contribution in [0.2, 0.25) is 0 Å². The zero-order valence-electron chi connectivity index (χ0n) is 79.1. The second kappa shape index (κ2) is 39.5. The van der Waals surface area contributed by atoms with Crippen molar-refractivity contribution in [2.75, 3.05) is 0 Å². The molecule has 15 heteroatoms. The molecule has 26 aromatic rings. The van der Waals surface area contributed by atoms with E-state index in [2.05, 4.69) is 360 Å². The molecule has 0 aliphatic carbocycles. The molecule has 147 heavy (non-hydrogen) atoms. The largest absolute Gasteiger partial charge is 0.309 e. The van der Waals surface area contributed by atoms with Crippen molar-refractivity contribution in [3.63, 3.8) is 0 Å². The normalized spacial score (nSPS) is 11.1. The van der Waals surface area contributed by atoms with Gasteiger partial charge in [0.05, 0.1) is 62.9 Å². The Labute approximate surface area is 847 Å². The summed E-state index contributed by atoms with van der Waals surface area (Å²) in [5.74, 6) is 5.28. The molecule has 0 saturated heterocycles. The Balaban J connectivity index is 0.000000118. The first-order valence-corrected chi connectivity index (χ1v) is 48.4. The van der Waals surface area contributed by atoms with E-state index in [1.54, 1.807) is 0 Å². The van der Waals surface area contributed by atoms with Gasteiger partial charge < -0.3 is 9.13 Å². The molecule has 0 aliphatic heterocycles. The van der Waals surface area contributed by atoms with Crippen LogP contribution in [0.1, 0.15) is 11.1 Å². The van der Waals surface area contributed by atoms with Crippen LogP contribution >= 0.6 is 0 Å². The molecule has 20 aromatic carbocycles. The Morgan fingerprint density at radius 2 is 0.374 bits per heavy atom. The molecule has 0 radical (unpaired) electrons. The van der Waals surface area contributed by atoms with Crippen molar-refractivity contribution in [3.05, 3.63) is 526 Å². The van der Waals surface area contributed by atoms with E-state index < -0.39 is 0 Å². The van der Waals surface area contributed by atoms with Crippen molar-refractivity contribution in [1.82, 2.24) is 58.6 Å². The van der Waals surface area contributed by atoms with Gasteiger partial charge in [0, 0.05) is 82.8 Å². The minimum absolute atomic E-state index is 0.496. The Kier molecular flexibility index (Phi) is 23.9. The van der Waals surface area contributed by atoms with Crippen LogP contribution in [0, 0.1) is 29.2 Å². The van der Waals surface area contributed by atoms with Crippen LogP contribution in [-0.2, 0) is 0 Å². The first-order valence-electron chi connectivity index (χ1n) is 48.4. The van der Waals surface area contributed by atoms with Crippen molar-refractivity contribution in [1.29, 1.82) is 10.5 Å². The summed E-state index contributed by atoms with van der Waals surface area (Å²) in [6.07, 6.45) is 0. The van der Waals surface area contributed by atoms with Crippen LogP contribution in [0.3, 0.4) is 0 Å². The van der Waals surface area contributed by atoms with Crippen molar-refractivity contribution in [2.24, 2.45) is 0 Å². The molecular weight excluding hydrogens is 1800 g/mol. The molecule has 0 fully saturated rings. The third-order valence-corrected chi connectivity index (χ3v) is 26.8. The summed E-state index contributed by atoms with van der Waals surface area (Å²) in [5.41, 5.74) is 30.8. The van der Waals surface area contributed by atoms with Gasteiger partial charge >= 0.3 is 0 Å². The van der Waals surface area contributed by atoms with Crippen molar-refractivity contribution >= 4 is 71.1 Å². The van der Waals surface area contributed by atoms with Gasteiger partial charge in [0.15, 0.2) is 52.3 Å². The summed E-state index contributed by atoms with van der Waals surface area (Å²) in [6.45, 7) is 7.54. The number of nitrogens with zero attached hydrogens (tertiary/aromatic N) is 15. The molecule has 0 spiro atoms. The summed E-state index contributed by atoms with van der Waals surface area (Å²) in [5, 5.41) is 25.9. The lowest BCUT2D eigenvalue weighted by molar-refractivity contribution is 0.953. The lowest BCUT2D eigenvalue weighted by atomic mass is 10.0. The standard InChI is InChI=1S/2C46H29N5.C40H25N5/c1-47-38-26-29-43-41(30-38)40-14-8-9-15-42(40)51(43)39-27-24-37(25-28-39)46-49-44(35-20-16-33(17-21-35)31-10-4-2-5-11-31)48-45(50-46)36-22-18-34(19-23-36)32-12-6-3-7-13-32;47-30-31-15-28-41-40-13-7-8-14-42(40)51(43(41)29-31)39-26-24-38(25-27-39)46-49-44(36-20-16-34(17-21-36)32-9-3-1-4-10-32)48-45(50-46)37-22-18-35(19-23-37)33-11-5-2-6-12-33;41-26-27-15-24-35-34-13-7-8-14-36(34)45(37(35)25-27)40-43-38(32-20-16-30(17-21-32)28-9-3-1-4-10-28)42-39(44-40)33-22-18-31(19-23-33)29-11-5-2-6-12-29/h2-30H;1-29H;1-25H. The predicted molar refractivity (Wildman–Crippen MR) is 594 cm³/mol. The van der Waals surface area contributed by atoms with Gasteiger partial charge in [0.2, 0.25) is 5.95 Å². The van der Waals surface area contributed by atoms with Gasteiger partial charge in [-0.25, -0.2) is 39.7 Å². The van der Waals surface area contributed by atoms with E-state index in [9.17, 15) is 10.5 Å². The number of hydrogen-bond donors (Lipinski definition) is 0. The molecule has 26 rings (SSSR count). The van der Waals surface area contributed by atoms with Crippen LogP contribution in [0.4, 0.5) is 5.69 Å². The molecule has 0 unspecified atom stereocenters. The smallest absolute Gasteiger partial charge is 0.238 e. The van der Waals surface area contributed by atoms with Gasteiger partial charge in [-0.2, -0.15) is 20.5 Å². The highest BCUT2D eigenvalue weighted by Gasteiger charge is 2.24. The lowest BCUT2D eigenvalue weighted by Gasteiger charge is -2.12. The third-order valence-electron chi connectivity index (χ3n) is 26.8. The summed E-state index contributed by atoms with van der Waals surface area (Å²) in [4.78, 5) is 48.8. The van der Waals surface area contributed by atoms with Crippen molar-refractivity contribution < 1.29 is 0 Å². The van der Waals surface area contributed by atoms with Gasteiger partial charge in [-0.15, -0.1) is 0 Å². The minimum Gasteiger partial charge on any atom is -0.309 e. The highest BCUT2D eigenvalue weighted by Crippen LogP contribution is 2.42. The highest BCUT2D eigenvalue weighted by atomic mass is 15.2.